The maximum absolute atomic E-state index is 12.2. The smallest absolute Gasteiger partial charge is 0.246 e. The summed E-state index contributed by atoms with van der Waals surface area (Å²) in [4.78, 5) is 0.246. The summed E-state index contributed by atoms with van der Waals surface area (Å²) in [6.45, 7) is 5.40. The molecule has 1 unspecified atom stereocenters. The molecule has 100 valence electrons. The van der Waals surface area contributed by atoms with Crippen LogP contribution in [0.1, 0.15) is 18.3 Å². The average Bonchev–Trinajstić information content (AvgIpc) is 2.56. The summed E-state index contributed by atoms with van der Waals surface area (Å²) in [7, 11) is -1.98. The van der Waals surface area contributed by atoms with Gasteiger partial charge in [0.2, 0.25) is 10.0 Å². The van der Waals surface area contributed by atoms with Crippen LogP contribution in [0, 0.1) is 13.8 Å². The maximum Gasteiger partial charge on any atom is 0.246 e. The van der Waals surface area contributed by atoms with E-state index in [2.05, 4.69) is 10.2 Å². The van der Waals surface area contributed by atoms with Crippen molar-refractivity contribution in [2.45, 2.75) is 31.7 Å². The predicted octanol–water partition coefficient (Wildman–Crippen LogP) is 0.416. The summed E-state index contributed by atoms with van der Waals surface area (Å²) in [6.07, 6.45) is 0. The maximum atomic E-state index is 12.2. The van der Waals surface area contributed by atoms with E-state index in [1.54, 1.807) is 20.8 Å². The van der Waals surface area contributed by atoms with Crippen LogP contribution >= 0.6 is 12.4 Å². The van der Waals surface area contributed by atoms with Gasteiger partial charge in [-0.25, -0.2) is 8.42 Å². The Balaban J connectivity index is 0.00000256. The fraction of sp³-hybridized carbons (Fsp3) is 0.667. The number of aromatic amines is 1. The minimum Gasteiger partial charge on any atom is -0.329 e. The molecule has 0 amide bonds. The number of rotatable bonds is 4. The zero-order chi connectivity index (χ0) is 12.5. The highest BCUT2D eigenvalue weighted by Gasteiger charge is 2.29. The van der Waals surface area contributed by atoms with Gasteiger partial charge in [-0.3, -0.25) is 5.10 Å². The minimum absolute atomic E-state index is 0. The molecule has 0 aromatic carbocycles. The van der Waals surface area contributed by atoms with Crippen molar-refractivity contribution in [3.8, 4) is 0 Å². The van der Waals surface area contributed by atoms with Crippen LogP contribution < -0.4 is 5.73 Å². The summed E-state index contributed by atoms with van der Waals surface area (Å²) in [5, 5.41) is 6.56. The lowest BCUT2D eigenvalue weighted by atomic mass is 10.4. The zero-order valence-corrected chi connectivity index (χ0v) is 12.0. The molecular formula is C9H19ClN4O2S. The Kier molecular flexibility index (Phi) is 5.60. The summed E-state index contributed by atoms with van der Waals surface area (Å²) in [6, 6.07) is -0.237. The monoisotopic (exact) mass is 282 g/mol. The number of hydrogen-bond donors (Lipinski definition) is 2. The van der Waals surface area contributed by atoms with Crippen molar-refractivity contribution in [3.63, 3.8) is 0 Å². The molecule has 0 bridgehead atoms. The van der Waals surface area contributed by atoms with E-state index < -0.39 is 10.0 Å². The number of aromatic nitrogens is 2. The molecule has 1 heterocycles. The highest BCUT2D eigenvalue weighted by molar-refractivity contribution is 7.89. The van der Waals surface area contributed by atoms with Gasteiger partial charge in [-0.05, 0) is 20.8 Å². The normalized spacial score (nSPS) is 13.5. The summed E-state index contributed by atoms with van der Waals surface area (Å²) >= 11 is 0. The number of H-pyrrole nitrogens is 1. The fourth-order valence-electron chi connectivity index (χ4n) is 1.45. The van der Waals surface area contributed by atoms with Crippen LogP contribution in [0.5, 0.6) is 0 Å². The van der Waals surface area contributed by atoms with Gasteiger partial charge in [-0.1, -0.05) is 0 Å². The van der Waals surface area contributed by atoms with E-state index in [0.29, 0.717) is 11.4 Å². The molecule has 3 N–H and O–H groups in total. The van der Waals surface area contributed by atoms with E-state index in [1.807, 2.05) is 0 Å². The zero-order valence-electron chi connectivity index (χ0n) is 10.4. The predicted molar refractivity (Wildman–Crippen MR) is 68.8 cm³/mol. The number of hydrogen-bond acceptors (Lipinski definition) is 4. The Hall–Kier alpha value is -0.630. The third-order valence-electron chi connectivity index (χ3n) is 2.66. The molecule has 1 rings (SSSR count). The lowest BCUT2D eigenvalue weighted by molar-refractivity contribution is 0.394. The number of halogens is 1. The van der Waals surface area contributed by atoms with E-state index in [0.717, 1.165) is 0 Å². The van der Waals surface area contributed by atoms with Crippen LogP contribution in [0.15, 0.2) is 4.90 Å². The number of nitrogens with one attached hydrogen (secondary N) is 1. The molecule has 0 radical (unpaired) electrons. The molecule has 1 aromatic heterocycles. The van der Waals surface area contributed by atoms with Crippen molar-refractivity contribution in [3.05, 3.63) is 11.4 Å². The Morgan fingerprint density at radius 3 is 2.35 bits per heavy atom. The van der Waals surface area contributed by atoms with Gasteiger partial charge in [0.15, 0.2) is 0 Å². The molecule has 0 aliphatic carbocycles. The van der Waals surface area contributed by atoms with Crippen molar-refractivity contribution in [1.29, 1.82) is 0 Å². The van der Waals surface area contributed by atoms with Crippen LogP contribution in [0.25, 0.3) is 0 Å². The third-order valence-corrected chi connectivity index (χ3v) is 4.90. The first kappa shape index (κ1) is 16.4. The fourth-order valence-corrected chi connectivity index (χ4v) is 3.15. The van der Waals surface area contributed by atoms with Crippen molar-refractivity contribution >= 4 is 22.4 Å². The van der Waals surface area contributed by atoms with Gasteiger partial charge >= 0.3 is 0 Å². The first-order valence-corrected chi connectivity index (χ1v) is 6.46. The molecule has 0 fully saturated rings. The quantitative estimate of drug-likeness (QED) is 0.837. The van der Waals surface area contributed by atoms with Crippen LogP contribution in [0.2, 0.25) is 0 Å². The van der Waals surface area contributed by atoms with E-state index >= 15 is 0 Å². The Labute approximate surface area is 108 Å². The molecule has 0 saturated carbocycles. The lowest BCUT2D eigenvalue weighted by Gasteiger charge is -2.22. The topological polar surface area (TPSA) is 92.1 Å². The summed E-state index contributed by atoms with van der Waals surface area (Å²) < 4.78 is 25.8. The van der Waals surface area contributed by atoms with Gasteiger partial charge in [-0.15, -0.1) is 12.4 Å². The number of likely N-dealkylation sites (N-methyl/N-ethyl adjacent to an activating group) is 1. The lowest BCUT2D eigenvalue weighted by Crippen LogP contribution is -2.40. The number of nitrogens with two attached hydrogens (primary N) is 1. The van der Waals surface area contributed by atoms with E-state index in [-0.39, 0.29) is 29.9 Å². The number of nitrogens with zero attached hydrogens (tertiary/aromatic N) is 2. The largest absolute Gasteiger partial charge is 0.329 e. The molecule has 6 nitrogen and oxygen atoms in total. The second-order valence-electron chi connectivity index (χ2n) is 3.87. The number of aryl methyl sites for hydroxylation is 2. The average molecular weight is 283 g/mol. The molecule has 1 aromatic rings. The Bertz CT molecular complexity index is 452. The van der Waals surface area contributed by atoms with Gasteiger partial charge in [0, 0.05) is 19.6 Å². The SMILES string of the molecule is Cc1n[nH]c(C)c1S(=O)(=O)N(C)C(C)CN.Cl. The van der Waals surface area contributed by atoms with Gasteiger partial charge < -0.3 is 5.73 Å². The van der Waals surface area contributed by atoms with Crippen molar-refractivity contribution < 1.29 is 8.42 Å². The highest BCUT2D eigenvalue weighted by atomic mass is 35.5. The second-order valence-corrected chi connectivity index (χ2v) is 5.80. The van der Waals surface area contributed by atoms with Gasteiger partial charge in [0.05, 0.1) is 11.4 Å². The molecular weight excluding hydrogens is 264 g/mol. The van der Waals surface area contributed by atoms with Crippen molar-refractivity contribution in [2.75, 3.05) is 13.6 Å². The molecule has 0 aliphatic heterocycles. The van der Waals surface area contributed by atoms with Crippen molar-refractivity contribution in [2.24, 2.45) is 5.73 Å². The molecule has 0 aliphatic rings. The molecule has 0 saturated heterocycles. The summed E-state index contributed by atoms with van der Waals surface area (Å²) in [5.41, 5.74) is 6.50. The second kappa shape index (κ2) is 5.81. The molecule has 1 atom stereocenters. The van der Waals surface area contributed by atoms with Gasteiger partial charge in [0.25, 0.3) is 0 Å². The minimum atomic E-state index is -3.51. The van der Waals surface area contributed by atoms with Crippen LogP contribution in [-0.4, -0.2) is 42.6 Å². The number of sulfonamides is 1. The molecule has 0 spiro atoms. The standard InChI is InChI=1S/C9H18N4O2S.ClH/c1-6(5-10)13(4)16(14,15)9-7(2)11-12-8(9)3;/h6H,5,10H2,1-4H3,(H,11,12);1H. The van der Waals surface area contributed by atoms with E-state index in [1.165, 1.54) is 11.4 Å². The van der Waals surface area contributed by atoms with Gasteiger partial charge in [0.1, 0.15) is 4.90 Å². The highest BCUT2D eigenvalue weighted by Crippen LogP contribution is 2.21. The van der Waals surface area contributed by atoms with Gasteiger partial charge in [-0.2, -0.15) is 9.40 Å². The first-order valence-electron chi connectivity index (χ1n) is 5.02. The van der Waals surface area contributed by atoms with Crippen LogP contribution in [0.4, 0.5) is 0 Å². The van der Waals surface area contributed by atoms with E-state index in [4.69, 9.17) is 5.73 Å². The molecule has 17 heavy (non-hydrogen) atoms. The van der Waals surface area contributed by atoms with E-state index in [9.17, 15) is 8.42 Å². The Morgan fingerprint density at radius 1 is 1.47 bits per heavy atom. The van der Waals surface area contributed by atoms with Crippen LogP contribution in [-0.2, 0) is 10.0 Å². The molecule has 8 heteroatoms. The summed E-state index contributed by atoms with van der Waals surface area (Å²) in [5.74, 6) is 0. The Morgan fingerprint density at radius 2 is 2.00 bits per heavy atom. The van der Waals surface area contributed by atoms with Crippen molar-refractivity contribution in [1.82, 2.24) is 14.5 Å². The van der Waals surface area contributed by atoms with Crippen LogP contribution in [0.3, 0.4) is 0 Å². The third kappa shape index (κ3) is 2.98. The first-order chi connectivity index (χ1) is 7.32.